The van der Waals surface area contributed by atoms with Crippen molar-refractivity contribution in [1.82, 2.24) is 4.98 Å². The third-order valence-corrected chi connectivity index (χ3v) is 4.73. The highest BCUT2D eigenvalue weighted by Crippen LogP contribution is 2.38. The fourth-order valence-electron chi connectivity index (χ4n) is 2.53. The van der Waals surface area contributed by atoms with Crippen LogP contribution in [-0.2, 0) is 11.3 Å². The van der Waals surface area contributed by atoms with Gasteiger partial charge < -0.3 is 18.6 Å². The van der Waals surface area contributed by atoms with E-state index in [9.17, 15) is 14.9 Å². The summed E-state index contributed by atoms with van der Waals surface area (Å²) < 4.78 is 21.1. The second kappa shape index (κ2) is 6.72. The normalized spacial score (nSPS) is 12.2. The third kappa shape index (κ3) is 3.22. The van der Waals surface area contributed by atoms with Gasteiger partial charge in [0.15, 0.2) is 11.5 Å². The highest BCUT2D eigenvalue weighted by molar-refractivity contribution is 7.13. The van der Waals surface area contributed by atoms with Gasteiger partial charge in [-0.2, -0.15) is 0 Å². The van der Waals surface area contributed by atoms with Gasteiger partial charge in [0, 0.05) is 6.07 Å². The lowest BCUT2D eigenvalue weighted by Crippen LogP contribution is -2.09. The SMILES string of the molecule is Cc1oc(-c2cccs2)nc1COC(=O)c1cc2c(cc1[N+](=O)[O-])OCO2. The zero-order chi connectivity index (χ0) is 19.0. The van der Waals surface area contributed by atoms with Crippen LogP contribution in [0, 0.1) is 17.0 Å². The number of oxazole rings is 1. The maximum absolute atomic E-state index is 12.4. The molecule has 1 aromatic carbocycles. The molecule has 27 heavy (non-hydrogen) atoms. The van der Waals surface area contributed by atoms with Crippen molar-refractivity contribution < 1.29 is 28.3 Å². The number of nitro benzene ring substituents is 1. The lowest BCUT2D eigenvalue weighted by Gasteiger charge is -2.05. The number of hydrogen-bond acceptors (Lipinski definition) is 9. The zero-order valence-corrected chi connectivity index (χ0v) is 14.8. The molecule has 0 saturated carbocycles. The molecular weight excluding hydrogens is 376 g/mol. The van der Waals surface area contributed by atoms with Crippen LogP contribution in [0.4, 0.5) is 5.69 Å². The molecule has 1 aliphatic rings. The summed E-state index contributed by atoms with van der Waals surface area (Å²) in [6, 6.07) is 6.13. The predicted octanol–water partition coefficient (Wildman–Crippen LogP) is 3.71. The van der Waals surface area contributed by atoms with Gasteiger partial charge >= 0.3 is 5.97 Å². The van der Waals surface area contributed by atoms with E-state index in [0.29, 0.717) is 17.3 Å². The second-order valence-electron chi connectivity index (χ2n) is 5.56. The summed E-state index contributed by atoms with van der Waals surface area (Å²) >= 11 is 1.47. The Labute approximate surface area is 156 Å². The Bertz CT molecular complexity index is 1030. The summed E-state index contributed by atoms with van der Waals surface area (Å²) in [7, 11) is 0. The average molecular weight is 388 g/mol. The van der Waals surface area contributed by atoms with Crippen LogP contribution in [0.1, 0.15) is 21.8 Å². The molecule has 9 nitrogen and oxygen atoms in total. The Morgan fingerprint density at radius 3 is 2.85 bits per heavy atom. The number of fused-ring (bicyclic) bond motifs is 1. The van der Waals surface area contributed by atoms with Crippen molar-refractivity contribution in [3.05, 3.63) is 56.8 Å². The van der Waals surface area contributed by atoms with E-state index < -0.39 is 16.6 Å². The number of nitrogens with zero attached hydrogens (tertiary/aromatic N) is 2. The Morgan fingerprint density at radius 1 is 1.37 bits per heavy atom. The number of carbonyl (C=O) groups is 1. The predicted molar refractivity (Wildman–Crippen MR) is 92.9 cm³/mol. The summed E-state index contributed by atoms with van der Waals surface area (Å²) in [5.74, 6) is 0.547. The van der Waals surface area contributed by atoms with E-state index in [1.165, 1.54) is 17.4 Å². The second-order valence-corrected chi connectivity index (χ2v) is 6.50. The van der Waals surface area contributed by atoms with Gasteiger partial charge in [0.2, 0.25) is 12.7 Å². The highest BCUT2D eigenvalue weighted by atomic mass is 32.1. The molecule has 3 heterocycles. The van der Waals surface area contributed by atoms with E-state index in [4.69, 9.17) is 18.6 Å². The fourth-order valence-corrected chi connectivity index (χ4v) is 3.17. The van der Waals surface area contributed by atoms with Crippen molar-refractivity contribution in [1.29, 1.82) is 0 Å². The van der Waals surface area contributed by atoms with Crippen LogP contribution in [0.2, 0.25) is 0 Å². The first-order valence-electron chi connectivity index (χ1n) is 7.78. The standard InChI is InChI=1S/C17H12N2O7S/c1-9-11(18-16(26-9)15-3-2-4-27-15)7-23-17(20)10-5-13-14(25-8-24-13)6-12(10)19(21)22/h2-6H,7-8H2,1H3. The van der Waals surface area contributed by atoms with Gasteiger partial charge in [0.25, 0.3) is 5.69 Å². The molecule has 0 amide bonds. The summed E-state index contributed by atoms with van der Waals surface area (Å²) in [4.78, 5) is 28.2. The molecule has 2 aromatic heterocycles. The van der Waals surface area contributed by atoms with Crippen LogP contribution in [0.5, 0.6) is 11.5 Å². The minimum atomic E-state index is -0.861. The lowest BCUT2D eigenvalue weighted by molar-refractivity contribution is -0.385. The number of hydrogen-bond donors (Lipinski definition) is 0. The number of rotatable bonds is 5. The Balaban J connectivity index is 1.54. The molecular formula is C17H12N2O7S. The van der Waals surface area contributed by atoms with Gasteiger partial charge in [0.1, 0.15) is 23.6 Å². The highest BCUT2D eigenvalue weighted by Gasteiger charge is 2.28. The molecule has 0 unspecified atom stereocenters. The van der Waals surface area contributed by atoms with Crippen LogP contribution in [0.25, 0.3) is 10.8 Å². The molecule has 3 aromatic rings. The minimum Gasteiger partial charge on any atom is -0.455 e. The van der Waals surface area contributed by atoms with Gasteiger partial charge in [-0.1, -0.05) is 6.07 Å². The first-order valence-corrected chi connectivity index (χ1v) is 8.66. The Hall–Kier alpha value is -3.40. The molecule has 4 rings (SSSR count). The molecule has 138 valence electrons. The fraction of sp³-hybridized carbons (Fsp3) is 0.176. The van der Waals surface area contributed by atoms with Crippen molar-refractivity contribution in [2.45, 2.75) is 13.5 Å². The summed E-state index contributed by atoms with van der Waals surface area (Å²) in [6.45, 7) is 1.47. The monoisotopic (exact) mass is 388 g/mol. The largest absolute Gasteiger partial charge is 0.455 e. The number of ether oxygens (including phenoxy) is 3. The summed E-state index contributed by atoms with van der Waals surface area (Å²) in [5, 5.41) is 13.2. The number of thiophene rings is 1. The summed E-state index contributed by atoms with van der Waals surface area (Å²) in [6.07, 6.45) is 0. The van der Waals surface area contributed by atoms with E-state index in [2.05, 4.69) is 4.98 Å². The molecule has 0 fully saturated rings. The number of carbonyl (C=O) groups excluding carboxylic acids is 1. The molecule has 0 atom stereocenters. The van der Waals surface area contributed by atoms with Crippen LogP contribution < -0.4 is 9.47 Å². The molecule has 10 heteroatoms. The molecule has 0 bridgehead atoms. The van der Waals surface area contributed by atoms with Crippen LogP contribution >= 0.6 is 11.3 Å². The van der Waals surface area contributed by atoms with E-state index in [0.717, 1.165) is 10.9 Å². The maximum atomic E-state index is 12.4. The quantitative estimate of drug-likeness (QED) is 0.369. The van der Waals surface area contributed by atoms with Crippen molar-refractivity contribution >= 4 is 23.0 Å². The zero-order valence-electron chi connectivity index (χ0n) is 14.0. The van der Waals surface area contributed by atoms with E-state index in [-0.39, 0.29) is 30.5 Å². The van der Waals surface area contributed by atoms with Crippen molar-refractivity contribution in [3.63, 3.8) is 0 Å². The molecule has 1 aliphatic heterocycles. The van der Waals surface area contributed by atoms with E-state index in [1.807, 2.05) is 17.5 Å². The molecule has 0 N–H and O–H groups in total. The van der Waals surface area contributed by atoms with Gasteiger partial charge in [-0.3, -0.25) is 10.1 Å². The van der Waals surface area contributed by atoms with Gasteiger partial charge in [-0.15, -0.1) is 11.3 Å². The molecule has 0 spiro atoms. The van der Waals surface area contributed by atoms with E-state index >= 15 is 0 Å². The van der Waals surface area contributed by atoms with Gasteiger partial charge in [-0.05, 0) is 18.4 Å². The smallest absolute Gasteiger partial charge is 0.345 e. The van der Waals surface area contributed by atoms with E-state index in [1.54, 1.807) is 6.92 Å². The lowest BCUT2D eigenvalue weighted by atomic mass is 10.1. The van der Waals surface area contributed by atoms with Crippen LogP contribution in [0.3, 0.4) is 0 Å². The van der Waals surface area contributed by atoms with Crippen molar-refractivity contribution in [3.8, 4) is 22.3 Å². The first-order chi connectivity index (χ1) is 13.0. The number of nitro groups is 1. The molecule has 0 radical (unpaired) electrons. The topological polar surface area (TPSA) is 114 Å². The molecule has 0 saturated heterocycles. The van der Waals surface area contributed by atoms with Crippen LogP contribution in [0.15, 0.2) is 34.1 Å². The van der Waals surface area contributed by atoms with Crippen molar-refractivity contribution in [2.75, 3.05) is 6.79 Å². The van der Waals surface area contributed by atoms with Gasteiger partial charge in [-0.25, -0.2) is 9.78 Å². The minimum absolute atomic E-state index is 0.0609. The van der Waals surface area contributed by atoms with Gasteiger partial charge in [0.05, 0.1) is 15.9 Å². The Morgan fingerprint density at radius 2 is 2.15 bits per heavy atom. The number of benzene rings is 1. The first kappa shape index (κ1) is 17.0. The van der Waals surface area contributed by atoms with Crippen molar-refractivity contribution in [2.24, 2.45) is 0 Å². The maximum Gasteiger partial charge on any atom is 0.345 e. The average Bonchev–Trinajstić information content (AvgIpc) is 3.38. The number of esters is 1. The third-order valence-electron chi connectivity index (χ3n) is 3.87. The number of aryl methyl sites for hydroxylation is 1. The molecule has 0 aliphatic carbocycles. The summed E-state index contributed by atoms with van der Waals surface area (Å²) in [5.41, 5.74) is -0.195. The van der Waals surface area contributed by atoms with Crippen LogP contribution in [-0.4, -0.2) is 22.7 Å². The Kier molecular flexibility index (Phi) is 4.24. The number of aromatic nitrogens is 1.